The lowest BCUT2D eigenvalue weighted by Crippen LogP contribution is -2.37. The van der Waals surface area contributed by atoms with E-state index < -0.39 is 0 Å². The van der Waals surface area contributed by atoms with Gasteiger partial charge in [0.2, 0.25) is 5.91 Å². The number of carbonyl (C=O) groups is 1. The van der Waals surface area contributed by atoms with Crippen LogP contribution >= 0.6 is 0 Å². The van der Waals surface area contributed by atoms with Gasteiger partial charge in [-0.05, 0) is 42.9 Å². The van der Waals surface area contributed by atoms with Crippen LogP contribution in [0.2, 0.25) is 0 Å². The van der Waals surface area contributed by atoms with E-state index in [-0.39, 0.29) is 18.3 Å². The molecule has 0 aliphatic carbocycles. The Morgan fingerprint density at radius 2 is 1.55 bits per heavy atom. The van der Waals surface area contributed by atoms with Crippen LogP contribution in [0.15, 0.2) is 0 Å². The quantitative estimate of drug-likeness (QED) is 0.484. The summed E-state index contributed by atoms with van der Waals surface area (Å²) in [7, 11) is 0. The minimum absolute atomic E-state index is 0.00469. The second-order valence-electron chi connectivity index (χ2n) is 7.76. The number of nitrogens with one attached hydrogen (secondary N) is 1. The van der Waals surface area contributed by atoms with Crippen LogP contribution in [0.3, 0.4) is 0 Å². The SMILES string of the molecule is [3H]C(CC(C)CC(CC(C)CC(C)CC)NC(=O)CC)C(C)C. The minimum Gasteiger partial charge on any atom is -0.353 e. The van der Waals surface area contributed by atoms with E-state index in [0.29, 0.717) is 24.2 Å². The summed E-state index contributed by atoms with van der Waals surface area (Å²) in [4.78, 5) is 11.8. The molecule has 0 heterocycles. The molecule has 0 saturated carbocycles. The van der Waals surface area contributed by atoms with E-state index in [2.05, 4.69) is 46.9 Å². The Labute approximate surface area is 141 Å². The van der Waals surface area contributed by atoms with E-state index in [4.69, 9.17) is 1.37 Å². The minimum atomic E-state index is 0.00469. The van der Waals surface area contributed by atoms with Crippen molar-refractivity contribution in [3.05, 3.63) is 0 Å². The second-order valence-corrected chi connectivity index (χ2v) is 7.76. The van der Waals surface area contributed by atoms with Crippen molar-refractivity contribution in [1.29, 1.82) is 0 Å². The predicted molar refractivity (Wildman–Crippen MR) is 97.9 cm³/mol. The van der Waals surface area contributed by atoms with Gasteiger partial charge >= 0.3 is 0 Å². The summed E-state index contributed by atoms with van der Waals surface area (Å²) in [6.45, 7) is 15.3. The number of hydrogen-bond acceptors (Lipinski definition) is 1. The third kappa shape index (κ3) is 11.1. The van der Waals surface area contributed by atoms with Gasteiger partial charge in [-0.2, -0.15) is 0 Å². The summed E-state index contributed by atoms with van der Waals surface area (Å²) < 4.78 is 8.15. The first kappa shape index (κ1) is 19.5. The fraction of sp³-hybridized carbons (Fsp3) is 0.950. The Morgan fingerprint density at radius 3 is 2.05 bits per heavy atom. The first-order valence-corrected chi connectivity index (χ1v) is 9.40. The van der Waals surface area contributed by atoms with Gasteiger partial charge in [0.1, 0.15) is 0 Å². The molecule has 22 heavy (non-hydrogen) atoms. The molecule has 0 rings (SSSR count). The van der Waals surface area contributed by atoms with E-state index in [1.54, 1.807) is 0 Å². The molecule has 0 aliphatic heterocycles. The zero-order valence-corrected chi connectivity index (χ0v) is 16.1. The van der Waals surface area contributed by atoms with Gasteiger partial charge in [-0.15, -0.1) is 0 Å². The summed E-state index contributed by atoms with van der Waals surface area (Å²) in [6, 6.07) is 0.260. The summed E-state index contributed by atoms with van der Waals surface area (Å²) in [5, 5.41) is 3.22. The maximum atomic E-state index is 11.8. The van der Waals surface area contributed by atoms with Crippen LogP contribution in [-0.4, -0.2) is 11.9 Å². The molecule has 132 valence electrons. The van der Waals surface area contributed by atoms with E-state index >= 15 is 0 Å². The topological polar surface area (TPSA) is 29.1 Å². The first-order valence-electron chi connectivity index (χ1n) is 9.98. The van der Waals surface area contributed by atoms with Gasteiger partial charge in [0.25, 0.3) is 0 Å². The zero-order valence-electron chi connectivity index (χ0n) is 17.1. The van der Waals surface area contributed by atoms with Gasteiger partial charge in [-0.1, -0.05) is 67.7 Å². The molecular weight excluding hydrogens is 270 g/mol. The molecule has 0 spiro atoms. The van der Waals surface area contributed by atoms with Crippen LogP contribution in [0, 0.1) is 23.7 Å². The van der Waals surface area contributed by atoms with Gasteiger partial charge in [0.05, 0.1) is 0 Å². The zero-order chi connectivity index (χ0) is 18.0. The third-order valence-corrected chi connectivity index (χ3v) is 4.57. The van der Waals surface area contributed by atoms with Crippen LogP contribution in [0.4, 0.5) is 0 Å². The Kier molecular flexibility index (Phi) is 10.6. The first-order chi connectivity index (χ1) is 10.7. The van der Waals surface area contributed by atoms with E-state index in [0.717, 1.165) is 25.2 Å². The van der Waals surface area contributed by atoms with Crippen LogP contribution in [0.25, 0.3) is 0 Å². The number of rotatable bonds is 12. The second kappa shape index (κ2) is 12.0. The number of hydrogen-bond donors (Lipinski definition) is 1. The molecule has 0 aromatic rings. The molecule has 0 fully saturated rings. The van der Waals surface area contributed by atoms with Crippen LogP contribution in [0.1, 0.15) is 94.8 Å². The van der Waals surface area contributed by atoms with Crippen molar-refractivity contribution >= 4 is 5.91 Å². The monoisotopic (exact) mass is 313 g/mol. The standard InChI is InChI=1S/C20H41NO/c1-8-16(5)12-18(7)14-19(21-20(22)9-2)13-17(6)11-10-15(3)4/h15-19H,8-14H2,1-7H3,(H,21,22)/i10T. The predicted octanol–water partition coefficient (Wildman–Crippen LogP) is 5.81. The summed E-state index contributed by atoms with van der Waals surface area (Å²) >= 11 is 0. The van der Waals surface area contributed by atoms with Crippen molar-refractivity contribution in [2.45, 2.75) is 99.4 Å². The maximum Gasteiger partial charge on any atom is 0.219 e. The lowest BCUT2D eigenvalue weighted by Gasteiger charge is -2.26. The van der Waals surface area contributed by atoms with E-state index in [1.807, 2.05) is 6.92 Å². The Balaban J connectivity index is 4.58. The molecule has 5 atom stereocenters. The van der Waals surface area contributed by atoms with Crippen molar-refractivity contribution in [2.24, 2.45) is 23.7 Å². The Morgan fingerprint density at radius 1 is 0.955 bits per heavy atom. The average Bonchev–Trinajstić information content (AvgIpc) is 2.46. The van der Waals surface area contributed by atoms with Gasteiger partial charge in [-0.3, -0.25) is 4.79 Å². The lowest BCUT2D eigenvalue weighted by atomic mass is 9.86. The van der Waals surface area contributed by atoms with Gasteiger partial charge in [-0.25, -0.2) is 0 Å². The van der Waals surface area contributed by atoms with Crippen molar-refractivity contribution in [3.63, 3.8) is 0 Å². The molecule has 0 aromatic heterocycles. The molecule has 2 nitrogen and oxygen atoms in total. The molecule has 5 unspecified atom stereocenters. The molecule has 1 amide bonds. The molecule has 1 N–H and O–H groups in total. The van der Waals surface area contributed by atoms with Gasteiger partial charge in [0.15, 0.2) is 0 Å². The van der Waals surface area contributed by atoms with Crippen molar-refractivity contribution < 1.29 is 6.17 Å². The van der Waals surface area contributed by atoms with Crippen molar-refractivity contribution in [2.75, 3.05) is 0 Å². The van der Waals surface area contributed by atoms with Crippen LogP contribution in [-0.2, 0) is 4.79 Å². The Bertz CT molecular complexity index is 319. The lowest BCUT2D eigenvalue weighted by molar-refractivity contribution is -0.121. The average molecular weight is 314 g/mol. The molecular formula is C20H41NO. The summed E-state index contributed by atoms with van der Waals surface area (Å²) in [5.41, 5.74) is 0. The fourth-order valence-corrected chi connectivity index (χ4v) is 3.07. The fourth-order valence-electron chi connectivity index (χ4n) is 3.07. The molecule has 2 heteroatoms. The Hall–Kier alpha value is -0.530. The van der Waals surface area contributed by atoms with E-state index in [9.17, 15) is 4.79 Å². The molecule has 0 bridgehead atoms. The highest BCUT2D eigenvalue weighted by molar-refractivity contribution is 5.75. The summed E-state index contributed by atoms with van der Waals surface area (Å²) in [6.07, 6.45) is 6.00. The largest absolute Gasteiger partial charge is 0.353 e. The van der Waals surface area contributed by atoms with Gasteiger partial charge in [0, 0.05) is 13.8 Å². The third-order valence-electron chi connectivity index (χ3n) is 4.57. The smallest absolute Gasteiger partial charge is 0.219 e. The highest BCUT2D eigenvalue weighted by atomic mass is 16.1. The van der Waals surface area contributed by atoms with E-state index in [1.165, 1.54) is 12.8 Å². The van der Waals surface area contributed by atoms with Crippen molar-refractivity contribution in [1.82, 2.24) is 5.32 Å². The van der Waals surface area contributed by atoms with Crippen LogP contribution < -0.4 is 5.32 Å². The highest BCUT2D eigenvalue weighted by Gasteiger charge is 2.19. The normalized spacial score (nSPS) is 19.2. The number of amides is 1. The maximum absolute atomic E-state index is 11.8. The molecule has 0 aromatic carbocycles. The molecule has 0 radical (unpaired) electrons. The highest BCUT2D eigenvalue weighted by Crippen LogP contribution is 2.24. The van der Waals surface area contributed by atoms with Gasteiger partial charge < -0.3 is 5.32 Å². The molecule has 0 aliphatic rings. The van der Waals surface area contributed by atoms with Crippen molar-refractivity contribution in [3.8, 4) is 0 Å². The summed E-state index contributed by atoms with van der Waals surface area (Å²) in [5.74, 6) is 2.44. The number of carbonyl (C=O) groups excluding carboxylic acids is 1. The van der Waals surface area contributed by atoms with Crippen LogP contribution in [0.5, 0.6) is 0 Å². The molecule has 0 saturated heterocycles.